The number of nitrogens with zero attached hydrogens (tertiary/aromatic N) is 1. The van der Waals surface area contributed by atoms with E-state index in [0.717, 1.165) is 40.6 Å². The molecular formula is C13H13BrN2O2. The van der Waals surface area contributed by atoms with E-state index in [9.17, 15) is 9.90 Å². The van der Waals surface area contributed by atoms with Crippen molar-refractivity contribution in [2.45, 2.75) is 25.2 Å². The highest BCUT2D eigenvalue weighted by Gasteiger charge is 2.35. The predicted octanol–water partition coefficient (Wildman–Crippen LogP) is 3.29. The van der Waals surface area contributed by atoms with Crippen LogP contribution in [0.2, 0.25) is 0 Å². The number of aromatic amines is 1. The summed E-state index contributed by atoms with van der Waals surface area (Å²) >= 11 is 3.42. The summed E-state index contributed by atoms with van der Waals surface area (Å²) < 4.78 is 0.992. The van der Waals surface area contributed by atoms with E-state index in [0.29, 0.717) is 0 Å². The molecule has 1 aliphatic carbocycles. The number of halogens is 1. The van der Waals surface area contributed by atoms with Crippen molar-refractivity contribution in [3.05, 3.63) is 28.5 Å². The van der Waals surface area contributed by atoms with Gasteiger partial charge in [-0.05, 0) is 31.0 Å². The lowest BCUT2D eigenvalue weighted by molar-refractivity contribution is -0.142. The monoisotopic (exact) mass is 308 g/mol. The first kappa shape index (κ1) is 11.7. The van der Waals surface area contributed by atoms with Gasteiger partial charge in [0, 0.05) is 10.4 Å². The Bertz CT molecular complexity index is 608. The number of H-pyrrole nitrogens is 1. The molecule has 2 atom stereocenters. The normalized spacial score (nSPS) is 23.6. The molecule has 0 radical (unpaired) electrons. The van der Waals surface area contributed by atoms with Crippen LogP contribution in [0.5, 0.6) is 0 Å². The molecule has 1 aromatic carbocycles. The average Bonchev–Trinajstić information content (AvgIpc) is 2.93. The van der Waals surface area contributed by atoms with Crippen LogP contribution >= 0.6 is 15.9 Å². The number of carbonyl (C=O) groups is 1. The Kier molecular flexibility index (Phi) is 2.86. The fourth-order valence-electron chi connectivity index (χ4n) is 2.76. The van der Waals surface area contributed by atoms with Gasteiger partial charge >= 0.3 is 5.97 Å². The van der Waals surface area contributed by atoms with Gasteiger partial charge in [0.05, 0.1) is 17.0 Å². The topological polar surface area (TPSA) is 66.0 Å². The summed E-state index contributed by atoms with van der Waals surface area (Å²) in [5.74, 6) is -0.171. The van der Waals surface area contributed by atoms with Gasteiger partial charge in [0.1, 0.15) is 5.82 Å². The molecule has 0 amide bonds. The molecule has 18 heavy (non-hydrogen) atoms. The number of nitrogens with one attached hydrogen (secondary N) is 1. The maximum absolute atomic E-state index is 11.2. The maximum atomic E-state index is 11.2. The molecule has 0 aliphatic heterocycles. The number of fused-ring (bicyclic) bond motifs is 1. The second-order valence-electron chi connectivity index (χ2n) is 4.77. The molecule has 94 valence electrons. The quantitative estimate of drug-likeness (QED) is 0.894. The Morgan fingerprint density at radius 3 is 3.06 bits per heavy atom. The molecule has 1 heterocycles. The van der Waals surface area contributed by atoms with Crippen LogP contribution < -0.4 is 0 Å². The fraction of sp³-hybridized carbons (Fsp3) is 0.385. The highest BCUT2D eigenvalue weighted by molar-refractivity contribution is 9.10. The first-order chi connectivity index (χ1) is 8.65. The molecule has 1 aromatic heterocycles. The number of hydrogen-bond donors (Lipinski definition) is 2. The Morgan fingerprint density at radius 2 is 2.28 bits per heavy atom. The molecular weight excluding hydrogens is 296 g/mol. The second kappa shape index (κ2) is 4.39. The van der Waals surface area contributed by atoms with Gasteiger partial charge in [-0.2, -0.15) is 0 Å². The van der Waals surface area contributed by atoms with Gasteiger partial charge in [0.15, 0.2) is 0 Å². The minimum absolute atomic E-state index is 0.0219. The molecule has 2 unspecified atom stereocenters. The van der Waals surface area contributed by atoms with Crippen LogP contribution in [0.3, 0.4) is 0 Å². The van der Waals surface area contributed by atoms with Gasteiger partial charge in [0.25, 0.3) is 0 Å². The summed E-state index contributed by atoms with van der Waals surface area (Å²) in [7, 11) is 0. The molecule has 1 fully saturated rings. The number of carboxylic acids is 1. The first-order valence-electron chi connectivity index (χ1n) is 6.03. The molecule has 0 spiro atoms. The van der Waals surface area contributed by atoms with Crippen molar-refractivity contribution in [1.82, 2.24) is 9.97 Å². The lowest BCUT2D eigenvalue weighted by atomic mass is 9.96. The van der Waals surface area contributed by atoms with Crippen molar-refractivity contribution in [2.24, 2.45) is 5.92 Å². The molecule has 0 saturated heterocycles. The fourth-order valence-corrected chi connectivity index (χ4v) is 3.12. The van der Waals surface area contributed by atoms with E-state index in [-0.39, 0.29) is 11.8 Å². The molecule has 1 saturated carbocycles. The van der Waals surface area contributed by atoms with E-state index < -0.39 is 5.97 Å². The Morgan fingerprint density at radius 1 is 1.44 bits per heavy atom. The number of rotatable bonds is 2. The van der Waals surface area contributed by atoms with Gasteiger partial charge in [-0.25, -0.2) is 4.98 Å². The number of imidazole rings is 1. The Hall–Kier alpha value is -1.36. The van der Waals surface area contributed by atoms with Crippen molar-refractivity contribution in [3.8, 4) is 0 Å². The zero-order chi connectivity index (χ0) is 12.7. The zero-order valence-corrected chi connectivity index (χ0v) is 11.3. The molecule has 0 bridgehead atoms. The third kappa shape index (κ3) is 1.92. The van der Waals surface area contributed by atoms with E-state index in [2.05, 4.69) is 25.9 Å². The lowest BCUT2D eigenvalue weighted by Gasteiger charge is -2.12. The third-order valence-electron chi connectivity index (χ3n) is 3.65. The van der Waals surface area contributed by atoms with Crippen molar-refractivity contribution in [3.63, 3.8) is 0 Å². The SMILES string of the molecule is O=C(O)C1CCCC1c1nc2ccc(Br)cc2[nH]1. The number of benzene rings is 1. The second-order valence-corrected chi connectivity index (χ2v) is 5.68. The third-order valence-corrected chi connectivity index (χ3v) is 4.14. The van der Waals surface area contributed by atoms with E-state index in [4.69, 9.17) is 0 Å². The van der Waals surface area contributed by atoms with E-state index in [1.807, 2.05) is 18.2 Å². The highest BCUT2D eigenvalue weighted by Crippen LogP contribution is 2.39. The minimum atomic E-state index is -0.709. The van der Waals surface area contributed by atoms with Crippen LogP contribution in [-0.4, -0.2) is 21.0 Å². The summed E-state index contributed by atoms with van der Waals surface area (Å²) in [6, 6.07) is 5.84. The summed E-state index contributed by atoms with van der Waals surface area (Å²) in [5, 5.41) is 9.21. The van der Waals surface area contributed by atoms with Gasteiger partial charge in [-0.15, -0.1) is 0 Å². The van der Waals surface area contributed by atoms with Crippen molar-refractivity contribution in [2.75, 3.05) is 0 Å². The van der Waals surface area contributed by atoms with Crippen molar-refractivity contribution >= 4 is 32.9 Å². The summed E-state index contributed by atoms with van der Waals surface area (Å²) in [6.45, 7) is 0. The Balaban J connectivity index is 2.01. The summed E-state index contributed by atoms with van der Waals surface area (Å²) in [4.78, 5) is 19.0. The molecule has 2 aromatic rings. The standard InChI is InChI=1S/C13H13BrN2O2/c14-7-4-5-10-11(6-7)16-12(15-10)8-2-1-3-9(8)13(17)18/h4-6,8-9H,1-3H2,(H,15,16)(H,17,18). The van der Waals surface area contributed by atoms with Crippen LogP contribution in [0.25, 0.3) is 11.0 Å². The summed E-state index contributed by atoms with van der Waals surface area (Å²) in [6.07, 6.45) is 2.61. The predicted molar refractivity (Wildman–Crippen MR) is 71.5 cm³/mol. The molecule has 2 N–H and O–H groups in total. The van der Waals surface area contributed by atoms with Gasteiger partial charge < -0.3 is 10.1 Å². The van der Waals surface area contributed by atoms with E-state index >= 15 is 0 Å². The van der Waals surface area contributed by atoms with Crippen molar-refractivity contribution in [1.29, 1.82) is 0 Å². The van der Waals surface area contributed by atoms with Crippen LogP contribution in [0.1, 0.15) is 31.0 Å². The maximum Gasteiger partial charge on any atom is 0.307 e. The number of aromatic nitrogens is 2. The van der Waals surface area contributed by atoms with Crippen LogP contribution in [0.15, 0.2) is 22.7 Å². The molecule has 3 rings (SSSR count). The van der Waals surface area contributed by atoms with Crippen molar-refractivity contribution < 1.29 is 9.90 Å². The van der Waals surface area contributed by atoms with Gasteiger partial charge in [-0.1, -0.05) is 22.4 Å². The van der Waals surface area contributed by atoms with Crippen LogP contribution in [-0.2, 0) is 4.79 Å². The highest BCUT2D eigenvalue weighted by atomic mass is 79.9. The Labute approximate surface area is 113 Å². The van der Waals surface area contributed by atoms with E-state index in [1.54, 1.807) is 0 Å². The van der Waals surface area contributed by atoms with Gasteiger partial charge in [0.2, 0.25) is 0 Å². The molecule has 5 heteroatoms. The molecule has 1 aliphatic rings. The van der Waals surface area contributed by atoms with Gasteiger partial charge in [-0.3, -0.25) is 4.79 Å². The number of carboxylic acid groups (broad SMARTS) is 1. The summed E-state index contributed by atoms with van der Waals surface area (Å²) in [5.41, 5.74) is 1.85. The minimum Gasteiger partial charge on any atom is -0.481 e. The average molecular weight is 309 g/mol. The van der Waals surface area contributed by atoms with E-state index in [1.165, 1.54) is 0 Å². The smallest absolute Gasteiger partial charge is 0.307 e. The molecule has 4 nitrogen and oxygen atoms in total. The number of hydrogen-bond acceptors (Lipinski definition) is 2. The number of aliphatic carboxylic acids is 1. The first-order valence-corrected chi connectivity index (χ1v) is 6.82. The van der Waals surface area contributed by atoms with Crippen LogP contribution in [0.4, 0.5) is 0 Å². The largest absolute Gasteiger partial charge is 0.481 e. The lowest BCUT2D eigenvalue weighted by Crippen LogP contribution is -2.17. The zero-order valence-electron chi connectivity index (χ0n) is 9.69. The van der Waals surface area contributed by atoms with Crippen LogP contribution in [0, 0.1) is 5.92 Å².